The van der Waals surface area contributed by atoms with E-state index in [1.807, 2.05) is 30.3 Å². The van der Waals surface area contributed by atoms with E-state index in [-0.39, 0.29) is 0 Å². The Balaban J connectivity index is 0.000000317. The SMILES string of the molecule is O=S(=O)(O)O.OONc1cc2cccnc2c2ncccc12.[O]=[V]([OH])[OH]. The number of hydrogen-bond acceptors (Lipinski definition) is 8. The molecule has 0 radical (unpaired) electrons. The summed E-state index contributed by atoms with van der Waals surface area (Å²) in [5, 5.41) is 10.3. The van der Waals surface area contributed by atoms with Gasteiger partial charge in [0.05, 0.1) is 16.7 Å². The molecule has 0 saturated heterocycles. The normalized spacial score (nSPS) is 10.3. The monoisotopic (exact) mass is 426 g/mol. The molecule has 0 atom stereocenters. The third-order valence-corrected chi connectivity index (χ3v) is 2.62. The zero-order chi connectivity index (χ0) is 19.7. The van der Waals surface area contributed by atoms with Crippen LogP contribution in [-0.2, 0) is 34.9 Å². The average Bonchev–Trinajstić information content (AvgIpc) is 2.53. The quantitative estimate of drug-likeness (QED) is 0.145. The molecule has 14 heteroatoms. The first-order valence-corrected chi connectivity index (χ1v) is 9.59. The van der Waals surface area contributed by atoms with Crippen LogP contribution in [0.1, 0.15) is 0 Å². The van der Waals surface area contributed by atoms with Crippen molar-refractivity contribution in [2.24, 2.45) is 0 Å². The number of hydrogen-bond donors (Lipinski definition) is 6. The Morgan fingerprint density at radius 3 is 2.08 bits per heavy atom. The minimum atomic E-state index is -4.67. The molecule has 2 aromatic heterocycles. The van der Waals surface area contributed by atoms with Crippen LogP contribution in [0.4, 0.5) is 5.69 Å². The van der Waals surface area contributed by atoms with Crippen LogP contribution in [0.2, 0.25) is 0 Å². The average molecular weight is 426 g/mol. The minimum absolute atomic E-state index is 0.649. The summed E-state index contributed by atoms with van der Waals surface area (Å²) in [6.07, 6.45) is 3.44. The topological polar surface area (TPSA) is 199 Å². The molecular formula is C12H13N3O9SV. The molecule has 12 nitrogen and oxygen atoms in total. The zero-order valence-corrected chi connectivity index (χ0v) is 14.9. The number of rotatable bonds is 2. The predicted octanol–water partition coefficient (Wildman–Crippen LogP) is 0.711. The molecule has 0 saturated carbocycles. The number of fused-ring (bicyclic) bond motifs is 3. The molecule has 3 rings (SSSR count). The summed E-state index contributed by atoms with van der Waals surface area (Å²) in [6, 6.07) is 9.33. The Bertz CT molecular complexity index is 988. The van der Waals surface area contributed by atoms with Gasteiger partial charge in [-0.25, -0.2) is 10.7 Å². The first-order valence-electron chi connectivity index (χ1n) is 6.37. The van der Waals surface area contributed by atoms with Crippen molar-refractivity contribution >= 4 is 37.9 Å². The van der Waals surface area contributed by atoms with Crippen LogP contribution in [0.15, 0.2) is 42.7 Å². The second kappa shape index (κ2) is 10.2. The summed E-state index contributed by atoms with van der Waals surface area (Å²) in [4.78, 5) is 12.6. The van der Waals surface area contributed by atoms with Crippen LogP contribution < -0.4 is 5.48 Å². The maximum absolute atomic E-state index is 8.78. The van der Waals surface area contributed by atoms with Crippen molar-refractivity contribution < 1.29 is 55.3 Å². The van der Waals surface area contributed by atoms with Gasteiger partial charge in [-0.3, -0.25) is 19.1 Å². The van der Waals surface area contributed by atoms with Gasteiger partial charge in [-0.15, -0.1) is 4.99 Å². The van der Waals surface area contributed by atoms with Crippen LogP contribution >= 0.6 is 0 Å². The Labute approximate surface area is 151 Å². The van der Waals surface area contributed by atoms with Gasteiger partial charge in [0.15, 0.2) is 0 Å². The van der Waals surface area contributed by atoms with Gasteiger partial charge in [-0.05, 0) is 24.3 Å². The zero-order valence-electron chi connectivity index (χ0n) is 12.7. The van der Waals surface area contributed by atoms with Crippen molar-refractivity contribution in [3.05, 3.63) is 42.7 Å². The van der Waals surface area contributed by atoms with E-state index in [0.717, 1.165) is 21.8 Å². The predicted molar refractivity (Wildman–Crippen MR) is 83.7 cm³/mol. The van der Waals surface area contributed by atoms with E-state index in [1.165, 1.54) is 0 Å². The fraction of sp³-hybridized carbons (Fsp3) is 0. The number of anilines is 1. The fourth-order valence-electron chi connectivity index (χ4n) is 1.91. The second-order valence-corrected chi connectivity index (χ2v) is 5.98. The van der Waals surface area contributed by atoms with Gasteiger partial charge in [-0.1, -0.05) is 6.07 Å². The molecule has 0 fully saturated rings. The number of nitrogens with zero attached hydrogens (tertiary/aromatic N) is 2. The van der Waals surface area contributed by atoms with E-state index in [9.17, 15) is 0 Å². The molecule has 0 aliphatic rings. The van der Waals surface area contributed by atoms with Crippen LogP contribution in [0.3, 0.4) is 0 Å². The molecule has 3 aromatic rings. The van der Waals surface area contributed by atoms with E-state index < -0.39 is 26.2 Å². The summed E-state index contributed by atoms with van der Waals surface area (Å²) < 4.78 is 54.8. The van der Waals surface area contributed by atoms with Gasteiger partial charge in [0.2, 0.25) is 0 Å². The van der Waals surface area contributed by atoms with E-state index in [1.54, 1.807) is 12.4 Å². The van der Waals surface area contributed by atoms with E-state index in [4.69, 9.17) is 34.5 Å². The van der Waals surface area contributed by atoms with Crippen molar-refractivity contribution in [2.45, 2.75) is 0 Å². The standard InChI is InChI=1S/C12H9N3O2.H2O4S.2H2O.O.V/c16-17-15-10-7-8-3-1-5-13-11(8)12-9(10)4-2-6-14-12;1-5(2,3)4;;;;/h1-7,15-16H;(H2,1,2,3,4);2*1H2;;/q;;;;;+2/p-2. The Morgan fingerprint density at radius 2 is 1.54 bits per heavy atom. The van der Waals surface area contributed by atoms with Crippen molar-refractivity contribution in [3.63, 3.8) is 0 Å². The molecule has 0 aliphatic heterocycles. The molecule has 0 unspecified atom stereocenters. The first-order chi connectivity index (χ1) is 12.1. The van der Waals surface area contributed by atoms with E-state index in [2.05, 4.69) is 20.4 Å². The van der Waals surface area contributed by atoms with Crippen molar-refractivity contribution in [2.75, 3.05) is 5.48 Å². The third-order valence-electron chi connectivity index (χ3n) is 2.62. The third kappa shape index (κ3) is 7.88. The van der Waals surface area contributed by atoms with Crippen molar-refractivity contribution in [1.82, 2.24) is 9.97 Å². The van der Waals surface area contributed by atoms with Gasteiger partial charge >= 0.3 is 37.9 Å². The van der Waals surface area contributed by atoms with Gasteiger partial charge in [0.25, 0.3) is 0 Å². The first kappa shape index (κ1) is 22.0. The van der Waals surface area contributed by atoms with Crippen LogP contribution in [0.5, 0.6) is 0 Å². The summed E-state index contributed by atoms with van der Waals surface area (Å²) >= 11 is -3.44. The van der Waals surface area contributed by atoms with Gasteiger partial charge in [0, 0.05) is 23.2 Å². The van der Waals surface area contributed by atoms with E-state index >= 15 is 0 Å². The summed E-state index contributed by atoms with van der Waals surface area (Å²) in [6.45, 7) is 0. The molecule has 26 heavy (non-hydrogen) atoms. The molecule has 141 valence electrons. The summed E-state index contributed by atoms with van der Waals surface area (Å²) in [7, 11) is -4.67. The summed E-state index contributed by atoms with van der Waals surface area (Å²) in [5.74, 6) is 0. The van der Waals surface area contributed by atoms with E-state index in [0.29, 0.717) is 5.69 Å². The molecule has 0 aliphatic carbocycles. The van der Waals surface area contributed by atoms with Gasteiger partial charge in [0.1, 0.15) is 0 Å². The molecule has 0 spiro atoms. The van der Waals surface area contributed by atoms with Crippen molar-refractivity contribution in [1.29, 1.82) is 0 Å². The molecule has 2 heterocycles. The van der Waals surface area contributed by atoms with Gasteiger partial charge < -0.3 is 0 Å². The molecule has 6 N–H and O–H groups in total. The van der Waals surface area contributed by atoms with Crippen molar-refractivity contribution in [3.8, 4) is 0 Å². The fourth-order valence-corrected chi connectivity index (χ4v) is 1.91. The Kier molecular flexibility index (Phi) is 8.60. The molecular weight excluding hydrogens is 413 g/mol. The molecule has 0 amide bonds. The molecule has 0 bridgehead atoms. The van der Waals surface area contributed by atoms with Crippen LogP contribution in [-0.4, -0.2) is 40.8 Å². The number of aromatic nitrogens is 2. The number of nitrogens with one attached hydrogen (secondary N) is 1. The van der Waals surface area contributed by atoms with Crippen LogP contribution in [0.25, 0.3) is 21.8 Å². The Hall–Kier alpha value is -2.07. The maximum atomic E-state index is 8.78. The van der Waals surface area contributed by atoms with Crippen LogP contribution in [0, 0.1) is 0 Å². The Morgan fingerprint density at radius 1 is 1.04 bits per heavy atom. The van der Waals surface area contributed by atoms with Gasteiger partial charge in [-0.2, -0.15) is 8.42 Å². The second-order valence-electron chi connectivity index (χ2n) is 4.29. The molecule has 1 aromatic carbocycles. The number of benzene rings is 1. The number of pyridine rings is 2. The summed E-state index contributed by atoms with van der Waals surface area (Å²) in [5.41, 5.74) is 4.67.